The fraction of sp³-hybridized carbons (Fsp3) is 0.263. The summed E-state index contributed by atoms with van der Waals surface area (Å²) in [7, 11) is -3.03. The summed E-state index contributed by atoms with van der Waals surface area (Å²) >= 11 is 0. The van der Waals surface area contributed by atoms with Crippen molar-refractivity contribution < 1.29 is 22.7 Å². The minimum atomic E-state index is -3.03. The summed E-state index contributed by atoms with van der Waals surface area (Å²) in [4.78, 5) is 24.2. The first-order valence-corrected chi connectivity index (χ1v) is 10.1. The summed E-state index contributed by atoms with van der Waals surface area (Å²) in [6, 6.07) is 15.2. The predicted molar refractivity (Wildman–Crippen MR) is 97.0 cm³/mol. The second-order valence-corrected chi connectivity index (χ2v) is 8.40. The van der Waals surface area contributed by atoms with E-state index in [1.165, 1.54) is 0 Å². The summed E-state index contributed by atoms with van der Waals surface area (Å²) in [5.74, 6) is 0.0998. The van der Waals surface area contributed by atoms with Crippen molar-refractivity contribution in [2.24, 2.45) is 0 Å². The van der Waals surface area contributed by atoms with Crippen molar-refractivity contribution in [3.8, 4) is 5.75 Å². The minimum absolute atomic E-state index is 0.0188. The van der Waals surface area contributed by atoms with Crippen molar-refractivity contribution in [2.45, 2.75) is 12.5 Å². The van der Waals surface area contributed by atoms with Gasteiger partial charge in [-0.2, -0.15) is 0 Å². The minimum Gasteiger partial charge on any atom is -0.484 e. The van der Waals surface area contributed by atoms with Gasteiger partial charge in [0.25, 0.3) is 5.91 Å². The molecule has 1 N–H and O–H groups in total. The third kappa shape index (κ3) is 4.70. The maximum atomic E-state index is 12.3. The van der Waals surface area contributed by atoms with E-state index in [-0.39, 0.29) is 35.8 Å². The van der Waals surface area contributed by atoms with Crippen molar-refractivity contribution >= 4 is 21.5 Å². The van der Waals surface area contributed by atoms with Gasteiger partial charge >= 0.3 is 0 Å². The van der Waals surface area contributed by atoms with E-state index >= 15 is 0 Å². The SMILES string of the molecule is O=C(COc1ccc(C(=O)c2ccccc2)cc1)N[C@@H]1CCS(=O)(=O)C1. The second-order valence-electron chi connectivity index (χ2n) is 6.18. The number of ether oxygens (including phenoxy) is 1. The smallest absolute Gasteiger partial charge is 0.258 e. The number of carbonyl (C=O) groups excluding carboxylic acids is 2. The lowest BCUT2D eigenvalue weighted by molar-refractivity contribution is -0.123. The normalized spacial score (nSPS) is 18.2. The lowest BCUT2D eigenvalue weighted by Gasteiger charge is -2.11. The molecule has 0 aliphatic carbocycles. The van der Waals surface area contributed by atoms with Gasteiger partial charge in [-0.05, 0) is 30.7 Å². The molecule has 1 aliphatic heterocycles. The van der Waals surface area contributed by atoms with Gasteiger partial charge in [-0.3, -0.25) is 9.59 Å². The highest BCUT2D eigenvalue weighted by Gasteiger charge is 2.28. The molecule has 0 spiro atoms. The molecule has 6 nitrogen and oxygen atoms in total. The van der Waals surface area contributed by atoms with Gasteiger partial charge in [0.15, 0.2) is 22.2 Å². The monoisotopic (exact) mass is 373 g/mol. The average molecular weight is 373 g/mol. The van der Waals surface area contributed by atoms with Gasteiger partial charge in [0.2, 0.25) is 0 Å². The fourth-order valence-corrected chi connectivity index (χ4v) is 4.46. The van der Waals surface area contributed by atoms with Crippen LogP contribution in [0.3, 0.4) is 0 Å². The number of sulfone groups is 1. The van der Waals surface area contributed by atoms with Crippen LogP contribution in [0, 0.1) is 0 Å². The number of ketones is 1. The molecule has 2 aromatic rings. The van der Waals surface area contributed by atoms with Gasteiger partial charge in [0.1, 0.15) is 5.75 Å². The summed E-state index contributed by atoms with van der Waals surface area (Å²) in [5.41, 5.74) is 1.14. The van der Waals surface area contributed by atoms with Crippen LogP contribution in [0.5, 0.6) is 5.75 Å². The zero-order chi connectivity index (χ0) is 18.6. The maximum absolute atomic E-state index is 12.3. The van der Waals surface area contributed by atoms with Crippen LogP contribution in [0.1, 0.15) is 22.3 Å². The van der Waals surface area contributed by atoms with Crippen LogP contribution in [0.15, 0.2) is 54.6 Å². The van der Waals surface area contributed by atoms with Crippen molar-refractivity contribution in [3.63, 3.8) is 0 Å². The van der Waals surface area contributed by atoms with E-state index in [0.717, 1.165) is 0 Å². The summed E-state index contributed by atoms with van der Waals surface area (Å²) < 4.78 is 28.2. The van der Waals surface area contributed by atoms with Crippen LogP contribution in [0.4, 0.5) is 0 Å². The highest BCUT2D eigenvalue weighted by Crippen LogP contribution is 2.16. The number of hydrogen-bond donors (Lipinski definition) is 1. The van der Waals surface area contributed by atoms with E-state index < -0.39 is 9.84 Å². The summed E-state index contributed by atoms with van der Waals surface area (Å²) in [6.45, 7) is -0.206. The number of hydrogen-bond acceptors (Lipinski definition) is 5. The van der Waals surface area contributed by atoms with E-state index in [1.54, 1.807) is 48.5 Å². The van der Waals surface area contributed by atoms with Crippen LogP contribution in [-0.2, 0) is 14.6 Å². The Bertz CT molecular complexity index is 891. The van der Waals surface area contributed by atoms with E-state index in [9.17, 15) is 18.0 Å². The number of rotatable bonds is 6. The molecule has 2 aromatic carbocycles. The molecule has 136 valence electrons. The van der Waals surface area contributed by atoms with Gasteiger partial charge in [-0.1, -0.05) is 30.3 Å². The van der Waals surface area contributed by atoms with Gasteiger partial charge < -0.3 is 10.1 Å². The van der Waals surface area contributed by atoms with Crippen molar-refractivity contribution in [2.75, 3.05) is 18.1 Å². The molecule has 1 fully saturated rings. The second kappa shape index (κ2) is 7.70. The Kier molecular flexibility index (Phi) is 5.37. The topological polar surface area (TPSA) is 89.5 Å². The Hall–Kier alpha value is -2.67. The van der Waals surface area contributed by atoms with Crippen molar-refractivity contribution in [1.29, 1.82) is 0 Å². The van der Waals surface area contributed by atoms with Crippen LogP contribution < -0.4 is 10.1 Å². The van der Waals surface area contributed by atoms with E-state index in [1.807, 2.05) is 6.07 Å². The highest BCUT2D eigenvalue weighted by atomic mass is 32.2. The zero-order valence-corrected chi connectivity index (χ0v) is 14.9. The zero-order valence-electron chi connectivity index (χ0n) is 14.1. The third-order valence-electron chi connectivity index (χ3n) is 4.12. The highest BCUT2D eigenvalue weighted by molar-refractivity contribution is 7.91. The predicted octanol–water partition coefficient (Wildman–Crippen LogP) is 1.60. The van der Waals surface area contributed by atoms with Crippen LogP contribution in [0.2, 0.25) is 0 Å². The van der Waals surface area contributed by atoms with Gasteiger partial charge in [-0.25, -0.2) is 8.42 Å². The number of amides is 1. The maximum Gasteiger partial charge on any atom is 0.258 e. The van der Waals surface area contributed by atoms with Crippen LogP contribution >= 0.6 is 0 Å². The molecule has 0 saturated carbocycles. The van der Waals surface area contributed by atoms with Crippen LogP contribution in [0.25, 0.3) is 0 Å². The Morgan fingerprint density at radius 3 is 2.27 bits per heavy atom. The molecular formula is C19H19NO5S. The molecule has 0 aromatic heterocycles. The van der Waals surface area contributed by atoms with Crippen molar-refractivity contribution in [1.82, 2.24) is 5.32 Å². The molecule has 0 bridgehead atoms. The molecule has 26 heavy (non-hydrogen) atoms. The lowest BCUT2D eigenvalue weighted by Crippen LogP contribution is -2.38. The standard InChI is InChI=1S/C19H19NO5S/c21-18(20-16-10-11-26(23,24)13-16)12-25-17-8-6-15(7-9-17)19(22)14-4-2-1-3-5-14/h1-9,16H,10-13H2,(H,20,21)/t16-/m1/s1. The van der Waals surface area contributed by atoms with Gasteiger partial charge in [0.05, 0.1) is 11.5 Å². The molecule has 1 saturated heterocycles. The largest absolute Gasteiger partial charge is 0.484 e. The molecule has 1 atom stereocenters. The van der Waals surface area contributed by atoms with Crippen molar-refractivity contribution in [3.05, 3.63) is 65.7 Å². The Morgan fingerprint density at radius 1 is 1.00 bits per heavy atom. The molecular weight excluding hydrogens is 354 g/mol. The molecule has 7 heteroatoms. The summed E-state index contributed by atoms with van der Waals surface area (Å²) in [6.07, 6.45) is 0.435. The Balaban J connectivity index is 1.51. The number of nitrogens with one attached hydrogen (secondary N) is 1. The first-order valence-electron chi connectivity index (χ1n) is 8.25. The molecule has 3 rings (SSSR count). The third-order valence-corrected chi connectivity index (χ3v) is 5.89. The average Bonchev–Trinajstić information content (AvgIpc) is 2.99. The first-order chi connectivity index (χ1) is 12.4. The molecule has 0 unspecified atom stereocenters. The Morgan fingerprint density at radius 2 is 1.65 bits per heavy atom. The molecule has 1 amide bonds. The van der Waals surface area contributed by atoms with E-state index in [0.29, 0.717) is 23.3 Å². The molecule has 1 heterocycles. The lowest BCUT2D eigenvalue weighted by atomic mass is 10.0. The summed E-state index contributed by atoms with van der Waals surface area (Å²) in [5, 5.41) is 2.66. The first kappa shape index (κ1) is 18.1. The van der Waals surface area contributed by atoms with E-state index in [2.05, 4.69) is 5.32 Å². The fourth-order valence-electron chi connectivity index (χ4n) is 2.79. The van der Waals surface area contributed by atoms with Crippen LogP contribution in [-0.4, -0.2) is 44.3 Å². The Labute approximate surface area is 152 Å². The molecule has 1 aliphatic rings. The van der Waals surface area contributed by atoms with E-state index in [4.69, 9.17) is 4.74 Å². The number of benzene rings is 2. The van der Waals surface area contributed by atoms with Gasteiger partial charge in [-0.15, -0.1) is 0 Å². The van der Waals surface area contributed by atoms with Gasteiger partial charge in [0, 0.05) is 17.2 Å². The quantitative estimate of drug-likeness (QED) is 0.777. The number of carbonyl (C=O) groups is 2. The molecule has 0 radical (unpaired) electrons.